The molecule has 4 N–H and O–H groups in total. The first kappa shape index (κ1) is 22.5. The van der Waals surface area contributed by atoms with Crippen LogP contribution in [0.1, 0.15) is 31.7 Å². The number of aromatic nitrogens is 3. The molecule has 8 nitrogen and oxygen atoms in total. The van der Waals surface area contributed by atoms with Crippen LogP contribution in [-0.2, 0) is 4.79 Å². The van der Waals surface area contributed by atoms with Crippen LogP contribution in [0.2, 0.25) is 0 Å². The van der Waals surface area contributed by atoms with Gasteiger partial charge in [-0.25, -0.2) is 5.10 Å². The average molecular weight is 470 g/mol. The summed E-state index contributed by atoms with van der Waals surface area (Å²) in [5.74, 6) is 1.60. The largest absolute Gasteiger partial charge is 0.457 e. The molecule has 5 rings (SSSR count). The van der Waals surface area contributed by atoms with Crippen molar-refractivity contribution >= 4 is 22.6 Å². The second-order valence-electron chi connectivity index (χ2n) is 8.77. The van der Waals surface area contributed by atoms with Crippen molar-refractivity contribution in [2.75, 3.05) is 5.73 Å². The molecule has 1 fully saturated rings. The van der Waals surface area contributed by atoms with E-state index in [4.69, 9.17) is 10.5 Å². The van der Waals surface area contributed by atoms with Gasteiger partial charge in [0.1, 0.15) is 17.0 Å². The number of carbonyl (C=O) groups is 1. The van der Waals surface area contributed by atoms with Gasteiger partial charge in [-0.15, -0.1) is 0 Å². The molecule has 1 aliphatic rings. The van der Waals surface area contributed by atoms with Crippen LogP contribution in [0.4, 0.5) is 5.82 Å². The molecule has 0 unspecified atom stereocenters. The highest BCUT2D eigenvalue weighted by Gasteiger charge is 2.27. The van der Waals surface area contributed by atoms with E-state index in [0.29, 0.717) is 16.7 Å². The molecule has 0 aliphatic heterocycles. The molecule has 0 spiro atoms. The number of nitrogens with one attached hydrogen (secondary N) is 2. The Bertz CT molecular complexity index is 1420. The minimum Gasteiger partial charge on any atom is -0.457 e. The predicted molar refractivity (Wildman–Crippen MR) is 136 cm³/mol. The minimum absolute atomic E-state index is 0.111. The van der Waals surface area contributed by atoms with Gasteiger partial charge in [-0.1, -0.05) is 36.9 Å². The summed E-state index contributed by atoms with van der Waals surface area (Å²) in [5, 5.41) is 10.2. The number of hydrogen-bond acceptors (Lipinski definition) is 5. The molecule has 2 heterocycles. The van der Waals surface area contributed by atoms with E-state index in [0.717, 1.165) is 42.6 Å². The van der Waals surface area contributed by atoms with Crippen LogP contribution in [0.3, 0.4) is 0 Å². The molecule has 0 saturated heterocycles. The summed E-state index contributed by atoms with van der Waals surface area (Å²) in [6.07, 6.45) is 6.60. The third-order valence-electron chi connectivity index (χ3n) is 6.55. The number of fused-ring (bicyclic) bond motifs is 1. The van der Waals surface area contributed by atoms with Crippen molar-refractivity contribution in [3.63, 3.8) is 0 Å². The standard InChI is InChI=1S/C27H27N5O3/c1-2-23(33)29-18-10-12-19(13-11-18)32-16-22(24-25(32)27(34)31-30-26(24)28)17-8-14-21(15-9-17)35-20-6-4-3-5-7-20/h2-9,14-16,18-19H,1,10-13H2,(H2,28,30)(H,29,33)(H,31,34). The van der Waals surface area contributed by atoms with Gasteiger partial charge in [0.25, 0.3) is 5.56 Å². The maximum absolute atomic E-state index is 12.9. The van der Waals surface area contributed by atoms with E-state index in [-0.39, 0.29) is 29.4 Å². The van der Waals surface area contributed by atoms with Gasteiger partial charge in [0.15, 0.2) is 5.82 Å². The molecule has 0 bridgehead atoms. The highest BCUT2D eigenvalue weighted by atomic mass is 16.5. The molecule has 2 aromatic carbocycles. The molecule has 2 aromatic heterocycles. The van der Waals surface area contributed by atoms with Gasteiger partial charge in [-0.3, -0.25) is 9.59 Å². The van der Waals surface area contributed by atoms with Crippen molar-refractivity contribution in [2.24, 2.45) is 0 Å². The number of carbonyl (C=O) groups excluding carboxylic acids is 1. The zero-order valence-corrected chi connectivity index (χ0v) is 19.2. The number of nitrogens with zero attached hydrogens (tertiary/aromatic N) is 2. The number of nitrogens with two attached hydrogens (primary N) is 1. The average Bonchev–Trinajstić information content (AvgIpc) is 3.30. The molecule has 1 amide bonds. The summed E-state index contributed by atoms with van der Waals surface area (Å²) in [6, 6.07) is 17.5. The summed E-state index contributed by atoms with van der Waals surface area (Å²) < 4.78 is 7.94. The van der Waals surface area contributed by atoms with Gasteiger partial charge in [-0.2, -0.15) is 5.10 Å². The second kappa shape index (κ2) is 9.50. The van der Waals surface area contributed by atoms with Crippen LogP contribution in [0.5, 0.6) is 11.5 Å². The fourth-order valence-corrected chi connectivity index (χ4v) is 4.83. The number of hydrogen-bond donors (Lipinski definition) is 3. The number of nitrogen functional groups attached to an aromatic ring is 1. The third-order valence-corrected chi connectivity index (χ3v) is 6.55. The maximum atomic E-state index is 12.9. The lowest BCUT2D eigenvalue weighted by Gasteiger charge is -2.30. The summed E-state index contributed by atoms with van der Waals surface area (Å²) in [4.78, 5) is 24.5. The summed E-state index contributed by atoms with van der Waals surface area (Å²) >= 11 is 0. The number of anilines is 1. The lowest BCUT2D eigenvalue weighted by Crippen LogP contribution is -2.37. The van der Waals surface area contributed by atoms with E-state index < -0.39 is 0 Å². The zero-order chi connectivity index (χ0) is 24.4. The summed E-state index contributed by atoms with van der Waals surface area (Å²) in [5.41, 5.74) is 8.27. The van der Waals surface area contributed by atoms with Crippen molar-refractivity contribution in [3.05, 3.63) is 83.8 Å². The number of para-hydroxylation sites is 1. The lowest BCUT2D eigenvalue weighted by molar-refractivity contribution is -0.117. The van der Waals surface area contributed by atoms with Crippen molar-refractivity contribution in [1.82, 2.24) is 20.1 Å². The monoisotopic (exact) mass is 469 g/mol. The first-order valence-electron chi connectivity index (χ1n) is 11.7. The molecule has 0 radical (unpaired) electrons. The van der Waals surface area contributed by atoms with Crippen LogP contribution in [-0.4, -0.2) is 26.7 Å². The normalized spacial score (nSPS) is 17.7. The van der Waals surface area contributed by atoms with E-state index in [1.165, 1.54) is 6.08 Å². The fraction of sp³-hybridized carbons (Fsp3) is 0.222. The van der Waals surface area contributed by atoms with Gasteiger partial charge in [0.2, 0.25) is 5.91 Å². The highest BCUT2D eigenvalue weighted by Crippen LogP contribution is 2.38. The minimum atomic E-state index is -0.272. The third kappa shape index (κ3) is 4.55. The van der Waals surface area contributed by atoms with Crippen molar-refractivity contribution < 1.29 is 9.53 Å². The Balaban J connectivity index is 1.46. The molecule has 8 heteroatoms. The smallest absolute Gasteiger partial charge is 0.288 e. The number of rotatable bonds is 6. The number of aromatic amines is 1. The van der Waals surface area contributed by atoms with Crippen LogP contribution < -0.4 is 21.3 Å². The molecule has 1 aliphatic carbocycles. The fourth-order valence-electron chi connectivity index (χ4n) is 4.83. The molecule has 4 aromatic rings. The molecular formula is C27H27N5O3. The highest BCUT2D eigenvalue weighted by molar-refractivity contribution is 6.02. The molecule has 1 saturated carbocycles. The number of H-pyrrole nitrogens is 1. The van der Waals surface area contributed by atoms with Crippen LogP contribution >= 0.6 is 0 Å². The van der Waals surface area contributed by atoms with Crippen molar-refractivity contribution in [1.29, 1.82) is 0 Å². The molecular weight excluding hydrogens is 442 g/mol. The van der Waals surface area contributed by atoms with E-state index in [9.17, 15) is 9.59 Å². The summed E-state index contributed by atoms with van der Waals surface area (Å²) in [6.45, 7) is 3.52. The van der Waals surface area contributed by atoms with E-state index in [1.54, 1.807) is 0 Å². The lowest BCUT2D eigenvalue weighted by atomic mass is 9.91. The second-order valence-corrected chi connectivity index (χ2v) is 8.77. The number of benzene rings is 2. The van der Waals surface area contributed by atoms with Crippen LogP contribution in [0, 0.1) is 0 Å². The number of amides is 1. The van der Waals surface area contributed by atoms with E-state index in [1.807, 2.05) is 65.4 Å². The number of ether oxygens (including phenoxy) is 1. The topological polar surface area (TPSA) is 115 Å². The first-order chi connectivity index (χ1) is 17.0. The van der Waals surface area contributed by atoms with Gasteiger partial charge < -0.3 is 20.4 Å². The molecule has 35 heavy (non-hydrogen) atoms. The Morgan fingerprint density at radius 3 is 2.46 bits per heavy atom. The summed E-state index contributed by atoms with van der Waals surface area (Å²) in [7, 11) is 0. The van der Waals surface area contributed by atoms with E-state index >= 15 is 0 Å². The Morgan fingerprint density at radius 2 is 1.77 bits per heavy atom. The zero-order valence-electron chi connectivity index (χ0n) is 19.2. The van der Waals surface area contributed by atoms with E-state index in [2.05, 4.69) is 22.1 Å². The maximum Gasteiger partial charge on any atom is 0.288 e. The SMILES string of the molecule is C=CC(=O)NC1CCC(n2cc(-c3ccc(Oc4ccccc4)cc3)c3c(N)n[nH]c(=O)c32)CC1. The quantitative estimate of drug-likeness (QED) is 0.358. The van der Waals surface area contributed by atoms with Gasteiger partial charge in [0, 0.05) is 23.8 Å². The predicted octanol–water partition coefficient (Wildman–Crippen LogP) is 4.55. The Kier molecular flexibility index (Phi) is 6.10. The Hall–Kier alpha value is -4.33. The molecule has 0 atom stereocenters. The van der Waals surface area contributed by atoms with Crippen LogP contribution in [0.15, 0.2) is 78.2 Å². The van der Waals surface area contributed by atoms with Gasteiger partial charge >= 0.3 is 0 Å². The van der Waals surface area contributed by atoms with Gasteiger partial charge in [0.05, 0.1) is 5.39 Å². The Morgan fingerprint density at radius 1 is 1.09 bits per heavy atom. The first-order valence-corrected chi connectivity index (χ1v) is 11.7. The Labute approximate surface area is 202 Å². The van der Waals surface area contributed by atoms with Crippen LogP contribution in [0.25, 0.3) is 22.0 Å². The van der Waals surface area contributed by atoms with Crippen molar-refractivity contribution in [2.45, 2.75) is 37.8 Å². The van der Waals surface area contributed by atoms with Gasteiger partial charge in [-0.05, 0) is 61.6 Å². The molecule has 178 valence electrons. The van der Waals surface area contributed by atoms with Crippen molar-refractivity contribution in [3.8, 4) is 22.6 Å².